The van der Waals surface area contributed by atoms with E-state index < -0.39 is 0 Å². The van der Waals surface area contributed by atoms with Gasteiger partial charge in [-0.05, 0) is 24.8 Å². The highest BCUT2D eigenvalue weighted by atomic mass is 32.2. The van der Waals surface area contributed by atoms with Crippen LogP contribution in [-0.2, 0) is 0 Å². The van der Waals surface area contributed by atoms with Crippen LogP contribution < -0.4 is 10.1 Å². The largest absolute Gasteiger partial charge is 0.457 e. The second kappa shape index (κ2) is 6.54. The van der Waals surface area contributed by atoms with Gasteiger partial charge in [0, 0.05) is 22.9 Å². The topological polar surface area (TPSA) is 21.3 Å². The number of hydrogen-bond donors (Lipinski definition) is 1. The Labute approximate surface area is 130 Å². The van der Waals surface area contributed by atoms with Crippen LogP contribution >= 0.6 is 11.8 Å². The monoisotopic (exact) mass is 299 g/mol. The van der Waals surface area contributed by atoms with Gasteiger partial charge in [0.25, 0.3) is 0 Å². The summed E-state index contributed by atoms with van der Waals surface area (Å²) >= 11 is 1.97. The van der Waals surface area contributed by atoms with E-state index in [9.17, 15) is 0 Å². The summed E-state index contributed by atoms with van der Waals surface area (Å²) in [5.41, 5.74) is 2.45. The van der Waals surface area contributed by atoms with Crippen molar-refractivity contribution in [1.29, 1.82) is 0 Å². The molecular weight excluding hydrogens is 278 g/mol. The van der Waals surface area contributed by atoms with Gasteiger partial charge >= 0.3 is 0 Å². The van der Waals surface area contributed by atoms with Crippen LogP contribution in [0.4, 0.5) is 0 Å². The van der Waals surface area contributed by atoms with E-state index in [1.165, 1.54) is 11.1 Å². The highest BCUT2D eigenvalue weighted by molar-refractivity contribution is 7.99. The van der Waals surface area contributed by atoms with E-state index in [-0.39, 0.29) is 6.04 Å². The van der Waals surface area contributed by atoms with Crippen molar-refractivity contribution in [2.45, 2.75) is 25.9 Å². The lowest BCUT2D eigenvalue weighted by Crippen LogP contribution is -2.34. The van der Waals surface area contributed by atoms with Crippen molar-refractivity contribution < 1.29 is 4.74 Å². The van der Waals surface area contributed by atoms with Crippen molar-refractivity contribution >= 4 is 11.8 Å². The van der Waals surface area contributed by atoms with Crippen LogP contribution in [-0.4, -0.2) is 17.5 Å². The normalized spacial score (nSPS) is 15.0. The number of para-hydroxylation sites is 2. The molecule has 110 valence electrons. The quantitative estimate of drug-likeness (QED) is 0.871. The third-order valence-corrected chi connectivity index (χ3v) is 4.85. The molecule has 0 fully saturated rings. The van der Waals surface area contributed by atoms with Crippen molar-refractivity contribution in [3.63, 3.8) is 0 Å². The zero-order chi connectivity index (χ0) is 14.7. The first kappa shape index (κ1) is 14.5. The van der Waals surface area contributed by atoms with Crippen LogP contribution in [0, 0.1) is 0 Å². The van der Waals surface area contributed by atoms with E-state index in [0.717, 1.165) is 23.0 Å². The van der Waals surface area contributed by atoms with E-state index in [1.54, 1.807) is 0 Å². The Balaban J connectivity index is 1.91. The predicted octanol–water partition coefficient (Wildman–Crippen LogP) is 4.61. The Morgan fingerprint density at radius 1 is 1.05 bits per heavy atom. The van der Waals surface area contributed by atoms with Gasteiger partial charge in [-0.3, -0.25) is 0 Å². The Hall–Kier alpha value is -1.45. The number of thioether (sulfide) groups is 1. The molecule has 0 saturated carbocycles. The van der Waals surface area contributed by atoms with E-state index in [4.69, 9.17) is 4.74 Å². The second-order valence-electron chi connectivity index (χ2n) is 5.34. The molecule has 0 spiro atoms. The molecule has 1 N–H and O–H groups in total. The second-order valence-corrected chi connectivity index (χ2v) is 6.66. The van der Waals surface area contributed by atoms with Crippen molar-refractivity contribution in [1.82, 2.24) is 5.32 Å². The maximum absolute atomic E-state index is 6.03. The molecule has 1 atom stereocenters. The lowest BCUT2D eigenvalue weighted by atomic mass is 9.94. The minimum Gasteiger partial charge on any atom is -0.457 e. The van der Waals surface area contributed by atoms with Crippen LogP contribution in [0.2, 0.25) is 0 Å². The summed E-state index contributed by atoms with van der Waals surface area (Å²) in [6.07, 6.45) is 0. The van der Waals surface area contributed by atoms with Gasteiger partial charge in [0.05, 0.1) is 6.04 Å². The average Bonchev–Trinajstić information content (AvgIpc) is 2.52. The van der Waals surface area contributed by atoms with Crippen molar-refractivity contribution in [3.05, 3.63) is 59.7 Å². The summed E-state index contributed by atoms with van der Waals surface area (Å²) in [5.74, 6) is 4.21. The van der Waals surface area contributed by atoms with Crippen LogP contribution in [0.15, 0.2) is 48.5 Å². The summed E-state index contributed by atoms with van der Waals surface area (Å²) < 4.78 is 6.03. The first-order chi connectivity index (χ1) is 10.3. The molecule has 1 heterocycles. The zero-order valence-corrected chi connectivity index (χ0v) is 13.3. The van der Waals surface area contributed by atoms with Crippen LogP contribution in [0.5, 0.6) is 11.5 Å². The summed E-state index contributed by atoms with van der Waals surface area (Å²) in [7, 11) is 0. The Morgan fingerprint density at radius 3 is 2.19 bits per heavy atom. The highest BCUT2D eigenvalue weighted by Gasteiger charge is 2.27. The third-order valence-electron chi connectivity index (χ3n) is 3.70. The van der Waals surface area contributed by atoms with Gasteiger partial charge in [-0.25, -0.2) is 0 Å². The molecule has 1 aliphatic heterocycles. The Bertz CT molecular complexity index is 568. The van der Waals surface area contributed by atoms with Crippen LogP contribution in [0.25, 0.3) is 0 Å². The predicted molar refractivity (Wildman–Crippen MR) is 90.4 cm³/mol. The van der Waals surface area contributed by atoms with Crippen molar-refractivity contribution in [2.75, 3.05) is 11.5 Å². The van der Waals surface area contributed by atoms with Gasteiger partial charge in [-0.1, -0.05) is 43.3 Å². The number of nitrogens with one attached hydrogen (secondary N) is 1. The number of rotatable bonds is 5. The van der Waals surface area contributed by atoms with Crippen molar-refractivity contribution in [2.24, 2.45) is 0 Å². The fourth-order valence-electron chi connectivity index (χ4n) is 2.72. The zero-order valence-electron chi connectivity index (χ0n) is 12.5. The maximum atomic E-state index is 6.03. The molecule has 2 nitrogen and oxygen atoms in total. The fraction of sp³-hybridized carbons (Fsp3) is 0.333. The molecular formula is C18H21NOS. The molecule has 0 saturated heterocycles. The average molecular weight is 299 g/mol. The standard InChI is InChI=1S/C18H21NOS/c1-3-21-12-13(2)19-18-14-8-4-6-10-16(14)20-17-11-7-5-9-15(17)18/h4-11,13,18-19H,3,12H2,1-2H3. The molecule has 2 aromatic rings. The van der Waals surface area contributed by atoms with E-state index in [0.29, 0.717) is 6.04 Å². The number of benzene rings is 2. The fourth-order valence-corrected chi connectivity index (χ4v) is 3.40. The van der Waals surface area contributed by atoms with Gasteiger partial charge in [-0.15, -0.1) is 0 Å². The van der Waals surface area contributed by atoms with Gasteiger partial charge < -0.3 is 10.1 Å². The summed E-state index contributed by atoms with van der Waals surface area (Å²) in [6, 6.07) is 17.3. The number of hydrogen-bond acceptors (Lipinski definition) is 3. The molecule has 21 heavy (non-hydrogen) atoms. The van der Waals surface area contributed by atoms with Gasteiger partial charge in [-0.2, -0.15) is 11.8 Å². The summed E-state index contributed by atoms with van der Waals surface area (Å²) in [6.45, 7) is 4.46. The smallest absolute Gasteiger partial charge is 0.132 e. The molecule has 3 heteroatoms. The minimum absolute atomic E-state index is 0.207. The number of ether oxygens (including phenoxy) is 1. The Kier molecular flexibility index (Phi) is 4.51. The van der Waals surface area contributed by atoms with E-state index >= 15 is 0 Å². The minimum atomic E-state index is 0.207. The summed E-state index contributed by atoms with van der Waals surface area (Å²) in [4.78, 5) is 0. The lowest BCUT2D eigenvalue weighted by molar-refractivity contribution is 0.417. The van der Waals surface area contributed by atoms with Gasteiger partial charge in [0.1, 0.15) is 11.5 Å². The van der Waals surface area contributed by atoms with Crippen molar-refractivity contribution in [3.8, 4) is 11.5 Å². The van der Waals surface area contributed by atoms with Gasteiger partial charge in [0.15, 0.2) is 0 Å². The molecule has 1 unspecified atom stereocenters. The van der Waals surface area contributed by atoms with Crippen LogP contribution in [0.3, 0.4) is 0 Å². The van der Waals surface area contributed by atoms with E-state index in [1.807, 2.05) is 36.0 Å². The first-order valence-electron chi connectivity index (χ1n) is 7.49. The third kappa shape index (κ3) is 3.09. The van der Waals surface area contributed by atoms with E-state index in [2.05, 4.69) is 43.4 Å². The summed E-state index contributed by atoms with van der Waals surface area (Å²) in [5, 5.41) is 3.77. The molecule has 0 aliphatic carbocycles. The molecule has 1 aliphatic rings. The maximum Gasteiger partial charge on any atom is 0.132 e. The molecule has 0 radical (unpaired) electrons. The van der Waals surface area contributed by atoms with Gasteiger partial charge in [0.2, 0.25) is 0 Å². The highest BCUT2D eigenvalue weighted by Crippen LogP contribution is 2.42. The first-order valence-corrected chi connectivity index (χ1v) is 8.64. The lowest BCUT2D eigenvalue weighted by Gasteiger charge is -2.31. The Morgan fingerprint density at radius 2 is 1.62 bits per heavy atom. The SMILES string of the molecule is CCSCC(C)NC1c2ccccc2Oc2ccccc21. The molecule has 0 amide bonds. The molecule has 0 aromatic heterocycles. The number of fused-ring (bicyclic) bond motifs is 2. The molecule has 3 rings (SSSR count). The molecule has 0 bridgehead atoms. The van der Waals surface area contributed by atoms with Crippen LogP contribution in [0.1, 0.15) is 31.0 Å². The molecule has 2 aromatic carbocycles.